The van der Waals surface area contributed by atoms with Crippen LogP contribution in [-0.4, -0.2) is 65.9 Å². The van der Waals surface area contributed by atoms with Gasteiger partial charge >= 0.3 is 5.97 Å². The lowest BCUT2D eigenvalue weighted by atomic mass is 10.0. The van der Waals surface area contributed by atoms with Crippen LogP contribution in [0.15, 0.2) is 53.1 Å². The molecule has 0 spiro atoms. The standard InChI is InChI=1S/C21H21N7O5S3/c1-2-8-33-26-13(16-25-21(22)36-27-16)17(29)24-14-18(30)28-15(20(31)32)12(10-35-19(14)28)34-9-6-11-5-3-4-7-23-11/h2-7,9,13-14,19,26H,1,8,10H2,(H,24,29)(H,31,32)(H2,22,25,27)/t13?,14?,19-/m0/s1. The molecular weight excluding hydrogens is 526 g/mol. The van der Waals surface area contributed by atoms with Crippen LogP contribution in [0, 0.1) is 0 Å². The number of nitrogens with zero attached hydrogens (tertiary/aromatic N) is 4. The first-order chi connectivity index (χ1) is 17.4. The van der Waals surface area contributed by atoms with Gasteiger partial charge in [-0.05, 0) is 23.6 Å². The summed E-state index contributed by atoms with van der Waals surface area (Å²) in [6.45, 7) is 3.65. The van der Waals surface area contributed by atoms with E-state index in [-0.39, 0.29) is 23.3 Å². The van der Waals surface area contributed by atoms with E-state index < -0.39 is 35.2 Å². The van der Waals surface area contributed by atoms with Crippen molar-refractivity contribution in [2.45, 2.75) is 17.5 Å². The summed E-state index contributed by atoms with van der Waals surface area (Å²) in [5, 5.41) is 13.8. The van der Waals surface area contributed by atoms with Gasteiger partial charge in [-0.25, -0.2) is 9.78 Å². The van der Waals surface area contributed by atoms with E-state index in [9.17, 15) is 19.5 Å². The molecule has 2 aliphatic rings. The van der Waals surface area contributed by atoms with Gasteiger partial charge < -0.3 is 16.2 Å². The second-order valence-corrected chi connectivity index (χ2v) is 10.2. The molecule has 1 fully saturated rings. The number of nitrogens with one attached hydrogen (secondary N) is 2. The van der Waals surface area contributed by atoms with Crippen molar-refractivity contribution in [3.8, 4) is 0 Å². The van der Waals surface area contributed by atoms with Gasteiger partial charge in [0.15, 0.2) is 17.0 Å². The minimum atomic E-state index is -1.22. The van der Waals surface area contributed by atoms with E-state index in [0.717, 1.165) is 17.2 Å². The van der Waals surface area contributed by atoms with Crippen molar-refractivity contribution >= 4 is 64.0 Å². The van der Waals surface area contributed by atoms with Gasteiger partial charge in [-0.3, -0.25) is 24.3 Å². The number of fused-ring (bicyclic) bond motifs is 1. The minimum Gasteiger partial charge on any atom is -0.477 e. The van der Waals surface area contributed by atoms with Crippen LogP contribution in [0.4, 0.5) is 5.13 Å². The Morgan fingerprint density at radius 3 is 2.94 bits per heavy atom. The van der Waals surface area contributed by atoms with Gasteiger partial charge in [0.25, 0.3) is 5.91 Å². The topological polar surface area (TPSA) is 173 Å². The number of aromatic nitrogens is 3. The summed E-state index contributed by atoms with van der Waals surface area (Å²) < 4.78 is 4.04. The maximum Gasteiger partial charge on any atom is 0.353 e. The molecule has 4 heterocycles. The number of carbonyl (C=O) groups excluding carboxylic acids is 2. The van der Waals surface area contributed by atoms with Crippen molar-refractivity contribution in [2.24, 2.45) is 0 Å². The monoisotopic (exact) mass is 547 g/mol. The fraction of sp³-hybridized carbons (Fsp3) is 0.238. The van der Waals surface area contributed by atoms with Crippen molar-refractivity contribution in [3.05, 3.63) is 64.6 Å². The van der Waals surface area contributed by atoms with Gasteiger partial charge in [0.05, 0.1) is 12.3 Å². The van der Waals surface area contributed by atoms with Crippen LogP contribution < -0.4 is 16.5 Å². The summed E-state index contributed by atoms with van der Waals surface area (Å²) in [6, 6.07) is 3.41. The Bertz CT molecular complexity index is 1220. The number of hydrogen-bond acceptors (Lipinski definition) is 12. The average Bonchev–Trinajstić information content (AvgIpc) is 3.30. The van der Waals surface area contributed by atoms with Crippen LogP contribution in [0.25, 0.3) is 6.08 Å². The Labute approximate surface area is 218 Å². The molecule has 0 bridgehead atoms. The highest BCUT2D eigenvalue weighted by Gasteiger charge is 2.54. The van der Waals surface area contributed by atoms with Gasteiger partial charge in [0, 0.05) is 28.4 Å². The number of carbonyl (C=O) groups is 3. The number of nitrogen functional groups attached to an aromatic ring is 1. The molecule has 2 aliphatic heterocycles. The number of carboxylic acids is 1. The Balaban J connectivity index is 1.46. The molecule has 188 valence electrons. The fourth-order valence-electron chi connectivity index (χ4n) is 3.36. The Morgan fingerprint density at radius 2 is 2.28 bits per heavy atom. The molecule has 4 rings (SSSR count). The molecule has 1 saturated heterocycles. The average molecular weight is 548 g/mol. The predicted molar refractivity (Wildman–Crippen MR) is 137 cm³/mol. The van der Waals surface area contributed by atoms with Gasteiger partial charge in [-0.1, -0.05) is 23.9 Å². The molecule has 0 radical (unpaired) electrons. The quantitative estimate of drug-likeness (QED) is 0.138. The number of amides is 2. The van der Waals surface area contributed by atoms with E-state index >= 15 is 0 Å². The first-order valence-electron chi connectivity index (χ1n) is 10.4. The summed E-state index contributed by atoms with van der Waals surface area (Å²) in [5.74, 6) is -1.92. The normalized spacial score (nSPS) is 20.1. The Hall–Kier alpha value is -3.24. The molecule has 2 aromatic rings. The van der Waals surface area contributed by atoms with E-state index in [1.807, 2.05) is 12.1 Å². The highest BCUT2D eigenvalue weighted by molar-refractivity contribution is 8.08. The summed E-state index contributed by atoms with van der Waals surface area (Å²) >= 11 is 3.49. The molecule has 0 aliphatic carbocycles. The summed E-state index contributed by atoms with van der Waals surface area (Å²) in [6.07, 6.45) is 4.90. The third-order valence-corrected chi connectivity index (χ3v) is 7.86. The lowest BCUT2D eigenvalue weighted by Gasteiger charge is -2.49. The number of hydroxylamine groups is 1. The summed E-state index contributed by atoms with van der Waals surface area (Å²) in [4.78, 5) is 53.1. The zero-order valence-corrected chi connectivity index (χ0v) is 21.0. The number of anilines is 1. The van der Waals surface area contributed by atoms with Crippen LogP contribution in [0.1, 0.15) is 17.6 Å². The second kappa shape index (κ2) is 11.7. The number of aliphatic carboxylic acids is 1. The third kappa shape index (κ3) is 5.60. The zero-order valence-electron chi connectivity index (χ0n) is 18.6. The number of pyridine rings is 1. The number of nitrogens with two attached hydrogens (primary N) is 1. The van der Waals surface area contributed by atoms with Crippen molar-refractivity contribution in [2.75, 3.05) is 18.1 Å². The van der Waals surface area contributed by atoms with Crippen molar-refractivity contribution in [1.82, 2.24) is 30.0 Å². The fourth-order valence-corrected chi connectivity index (χ4v) is 6.16. The maximum atomic E-state index is 13.0. The Morgan fingerprint density at radius 1 is 1.44 bits per heavy atom. The number of hydrogen-bond donors (Lipinski definition) is 4. The maximum absolute atomic E-state index is 13.0. The van der Waals surface area contributed by atoms with Crippen LogP contribution in [-0.2, 0) is 19.2 Å². The van der Waals surface area contributed by atoms with Gasteiger partial charge in [-0.2, -0.15) is 9.85 Å². The Kier molecular flexibility index (Phi) is 8.37. The minimum absolute atomic E-state index is 0.0866. The predicted octanol–water partition coefficient (Wildman–Crippen LogP) is 1.36. The molecule has 2 aromatic heterocycles. The van der Waals surface area contributed by atoms with E-state index in [1.54, 1.807) is 23.7 Å². The SMILES string of the molecule is C=CCONC(C(=O)NC1C(=O)N2C(C(=O)O)=C(SC=Cc3ccccn3)CS[C@@H]12)c1nsc(N)n1. The second-order valence-electron chi connectivity index (χ2n) is 7.29. The lowest BCUT2D eigenvalue weighted by Crippen LogP contribution is -2.71. The smallest absolute Gasteiger partial charge is 0.353 e. The van der Waals surface area contributed by atoms with Gasteiger partial charge in [0.1, 0.15) is 17.1 Å². The van der Waals surface area contributed by atoms with Crippen molar-refractivity contribution in [1.29, 1.82) is 0 Å². The molecular formula is C21H21N7O5S3. The first kappa shape index (κ1) is 25.8. The molecule has 5 N–H and O–H groups in total. The third-order valence-electron chi connectivity index (χ3n) is 4.95. The largest absolute Gasteiger partial charge is 0.477 e. The van der Waals surface area contributed by atoms with Crippen molar-refractivity contribution < 1.29 is 24.3 Å². The summed E-state index contributed by atoms with van der Waals surface area (Å²) in [7, 11) is 0. The molecule has 2 unspecified atom stereocenters. The van der Waals surface area contributed by atoms with Gasteiger partial charge in [-0.15, -0.1) is 18.3 Å². The van der Waals surface area contributed by atoms with Crippen molar-refractivity contribution in [3.63, 3.8) is 0 Å². The first-order valence-corrected chi connectivity index (χ1v) is 13.1. The van der Waals surface area contributed by atoms with Crippen LogP contribution >= 0.6 is 35.1 Å². The van der Waals surface area contributed by atoms with E-state index in [1.165, 1.54) is 34.5 Å². The zero-order chi connectivity index (χ0) is 25.7. The number of β-lactam (4-membered cyclic amide) rings is 1. The number of rotatable bonds is 11. The molecule has 0 aromatic carbocycles. The molecule has 2 amide bonds. The number of thioether (sulfide) groups is 2. The lowest BCUT2D eigenvalue weighted by molar-refractivity contribution is -0.151. The van der Waals surface area contributed by atoms with E-state index in [0.29, 0.717) is 10.7 Å². The highest BCUT2D eigenvalue weighted by atomic mass is 32.2. The van der Waals surface area contributed by atoms with Crippen LogP contribution in [0.3, 0.4) is 0 Å². The van der Waals surface area contributed by atoms with E-state index in [2.05, 4.69) is 31.7 Å². The number of carboxylic acid groups (broad SMARTS) is 1. The van der Waals surface area contributed by atoms with Crippen LogP contribution in [0.5, 0.6) is 0 Å². The summed E-state index contributed by atoms with van der Waals surface area (Å²) in [5.41, 5.74) is 8.82. The highest BCUT2D eigenvalue weighted by Crippen LogP contribution is 2.43. The van der Waals surface area contributed by atoms with Gasteiger partial charge in [0.2, 0.25) is 5.91 Å². The molecule has 3 atom stereocenters. The molecule has 0 saturated carbocycles. The molecule has 36 heavy (non-hydrogen) atoms. The van der Waals surface area contributed by atoms with Crippen LogP contribution in [0.2, 0.25) is 0 Å². The molecule has 15 heteroatoms. The molecule has 12 nitrogen and oxygen atoms in total. The van der Waals surface area contributed by atoms with E-state index in [4.69, 9.17) is 10.6 Å².